The maximum atomic E-state index is 5.13. The second-order valence-corrected chi connectivity index (χ2v) is 8.50. The normalized spacial score (nSPS) is 21.3. The van der Waals surface area contributed by atoms with Gasteiger partial charge in [-0.15, -0.1) is 10.2 Å². The summed E-state index contributed by atoms with van der Waals surface area (Å²) in [4.78, 5) is 19.3. The zero-order valence-electron chi connectivity index (χ0n) is 17.4. The first-order valence-corrected chi connectivity index (χ1v) is 11.2. The molecule has 3 aromatic rings. The molecule has 5 heterocycles. The number of hydrogen-bond acceptors (Lipinski definition) is 7. The molecule has 3 aromatic heterocycles. The second kappa shape index (κ2) is 7.07. The van der Waals surface area contributed by atoms with E-state index in [0.29, 0.717) is 12.0 Å². The van der Waals surface area contributed by atoms with E-state index < -0.39 is 0 Å². The van der Waals surface area contributed by atoms with Crippen molar-refractivity contribution < 1.29 is 0 Å². The van der Waals surface area contributed by atoms with Crippen molar-refractivity contribution in [1.29, 1.82) is 0 Å². The molecule has 1 atom stereocenters. The fourth-order valence-corrected chi connectivity index (χ4v) is 5.35. The summed E-state index contributed by atoms with van der Waals surface area (Å²) in [6.45, 7) is 4.30. The fourth-order valence-electron chi connectivity index (χ4n) is 5.35. The lowest BCUT2D eigenvalue weighted by molar-refractivity contribution is 0.468. The summed E-state index contributed by atoms with van der Waals surface area (Å²) < 4.78 is 4.09. The van der Waals surface area contributed by atoms with Crippen molar-refractivity contribution in [2.24, 2.45) is 0 Å². The van der Waals surface area contributed by atoms with Crippen LogP contribution in [0.5, 0.6) is 0 Å². The Balaban J connectivity index is 1.49. The lowest BCUT2D eigenvalue weighted by Gasteiger charge is -2.40. The number of nitrogens with zero attached hydrogens (tertiary/aromatic N) is 9. The van der Waals surface area contributed by atoms with Crippen molar-refractivity contribution in [3.63, 3.8) is 0 Å². The molecular weight excluding hydrogens is 378 g/mol. The van der Waals surface area contributed by atoms with Crippen LogP contribution in [0.15, 0.2) is 24.9 Å². The van der Waals surface area contributed by atoms with Crippen LogP contribution in [0.1, 0.15) is 63.7 Å². The van der Waals surface area contributed by atoms with Crippen LogP contribution in [-0.4, -0.2) is 53.4 Å². The number of fused-ring (bicyclic) bond motifs is 3. The summed E-state index contributed by atoms with van der Waals surface area (Å²) in [7, 11) is 0. The van der Waals surface area contributed by atoms with Gasteiger partial charge < -0.3 is 9.80 Å². The molecule has 2 fully saturated rings. The van der Waals surface area contributed by atoms with Gasteiger partial charge in [-0.05, 0) is 32.1 Å². The second-order valence-electron chi connectivity index (χ2n) is 8.50. The summed E-state index contributed by atoms with van der Waals surface area (Å²) in [5, 5.41) is 8.67. The molecule has 9 nitrogen and oxygen atoms in total. The molecule has 6 rings (SSSR count). The van der Waals surface area contributed by atoms with Crippen molar-refractivity contribution >= 4 is 11.8 Å². The first-order valence-electron chi connectivity index (χ1n) is 11.2. The van der Waals surface area contributed by atoms with Crippen LogP contribution < -0.4 is 9.80 Å². The van der Waals surface area contributed by atoms with Gasteiger partial charge in [0, 0.05) is 31.5 Å². The Bertz CT molecular complexity index is 1040. The zero-order chi connectivity index (χ0) is 20.1. The third-order valence-corrected chi connectivity index (χ3v) is 6.78. The van der Waals surface area contributed by atoms with Gasteiger partial charge in [-0.3, -0.25) is 9.13 Å². The monoisotopic (exact) mass is 405 g/mol. The third-order valence-electron chi connectivity index (χ3n) is 6.78. The summed E-state index contributed by atoms with van der Waals surface area (Å²) in [5.74, 6) is 3.61. The maximum absolute atomic E-state index is 5.13. The van der Waals surface area contributed by atoms with Gasteiger partial charge in [-0.1, -0.05) is 19.8 Å². The first kappa shape index (κ1) is 17.9. The Morgan fingerprint density at radius 1 is 1.03 bits per heavy atom. The van der Waals surface area contributed by atoms with Crippen molar-refractivity contribution in [2.75, 3.05) is 22.9 Å². The summed E-state index contributed by atoms with van der Waals surface area (Å²) in [6, 6.07) is 0.675. The molecule has 2 aliphatic heterocycles. The van der Waals surface area contributed by atoms with Crippen molar-refractivity contribution in [2.45, 2.75) is 64.0 Å². The van der Waals surface area contributed by atoms with E-state index in [1.54, 1.807) is 6.33 Å². The lowest BCUT2D eigenvalue weighted by atomic mass is 10.0. The molecule has 0 aromatic carbocycles. The average Bonchev–Trinajstić information content (AvgIpc) is 3.57. The minimum Gasteiger partial charge on any atom is -0.342 e. The SMILES string of the molecule is CCC1c2nncn2-c2cnc(-n3ccnc3N3CCCC3)nc2N1C1CCCC1. The standard InChI is InChI=1S/C21H27N9/c1-2-16-19-26-24-14-29(19)17-13-23-20(25-18(17)30(16)15-7-3-4-8-15)28-12-9-22-21(28)27-10-5-6-11-27/h9,12-16H,2-8,10-11H2,1H3. The number of anilines is 2. The molecule has 1 saturated heterocycles. The largest absolute Gasteiger partial charge is 0.342 e. The van der Waals surface area contributed by atoms with Crippen LogP contribution in [0.3, 0.4) is 0 Å². The molecule has 30 heavy (non-hydrogen) atoms. The molecule has 0 amide bonds. The van der Waals surface area contributed by atoms with Crippen LogP contribution in [0, 0.1) is 0 Å². The van der Waals surface area contributed by atoms with Crippen LogP contribution in [0.25, 0.3) is 11.6 Å². The minimum absolute atomic E-state index is 0.187. The van der Waals surface area contributed by atoms with Crippen molar-refractivity contribution in [1.82, 2.24) is 34.3 Å². The minimum atomic E-state index is 0.187. The van der Waals surface area contributed by atoms with Gasteiger partial charge in [-0.25, -0.2) is 9.97 Å². The molecule has 156 valence electrons. The lowest BCUT2D eigenvalue weighted by Crippen LogP contribution is -2.42. The quantitative estimate of drug-likeness (QED) is 0.660. The van der Waals surface area contributed by atoms with Crippen molar-refractivity contribution in [3.05, 3.63) is 30.7 Å². The van der Waals surface area contributed by atoms with Gasteiger partial charge in [0.05, 0.1) is 12.2 Å². The Morgan fingerprint density at radius 3 is 2.67 bits per heavy atom. The van der Waals surface area contributed by atoms with Gasteiger partial charge in [0.2, 0.25) is 11.9 Å². The third kappa shape index (κ3) is 2.64. The highest BCUT2D eigenvalue weighted by molar-refractivity contribution is 5.63. The number of imidazole rings is 1. The van der Waals surface area contributed by atoms with Crippen LogP contribution >= 0.6 is 0 Å². The van der Waals surface area contributed by atoms with E-state index in [1.165, 1.54) is 38.5 Å². The molecule has 0 spiro atoms. The number of hydrogen-bond donors (Lipinski definition) is 0. The van der Waals surface area contributed by atoms with Crippen LogP contribution in [0.2, 0.25) is 0 Å². The highest BCUT2D eigenvalue weighted by Gasteiger charge is 2.38. The number of aromatic nitrogens is 7. The van der Waals surface area contributed by atoms with Crippen molar-refractivity contribution in [3.8, 4) is 11.6 Å². The van der Waals surface area contributed by atoms with Gasteiger partial charge in [0.25, 0.3) is 0 Å². The molecular formula is C21H27N9. The van der Waals surface area contributed by atoms with E-state index in [2.05, 4.69) is 36.5 Å². The van der Waals surface area contributed by atoms with E-state index in [-0.39, 0.29) is 6.04 Å². The Morgan fingerprint density at radius 2 is 1.87 bits per heavy atom. The molecule has 0 N–H and O–H groups in total. The summed E-state index contributed by atoms with van der Waals surface area (Å²) >= 11 is 0. The average molecular weight is 406 g/mol. The highest BCUT2D eigenvalue weighted by Crippen LogP contribution is 2.42. The van der Waals surface area contributed by atoms with Crippen LogP contribution in [0.4, 0.5) is 11.8 Å². The molecule has 9 heteroatoms. The predicted octanol–water partition coefficient (Wildman–Crippen LogP) is 3.06. The molecule has 0 radical (unpaired) electrons. The highest BCUT2D eigenvalue weighted by atomic mass is 15.4. The van der Waals surface area contributed by atoms with Gasteiger partial charge in [0.1, 0.15) is 12.0 Å². The number of rotatable bonds is 4. The smallest absolute Gasteiger partial charge is 0.238 e. The fraction of sp³-hybridized carbons (Fsp3) is 0.571. The van der Waals surface area contributed by atoms with Gasteiger partial charge in [0.15, 0.2) is 11.6 Å². The maximum Gasteiger partial charge on any atom is 0.238 e. The Kier molecular flexibility index (Phi) is 4.21. The molecule has 1 unspecified atom stereocenters. The molecule has 3 aliphatic rings. The van der Waals surface area contributed by atoms with E-state index in [9.17, 15) is 0 Å². The van der Waals surface area contributed by atoms with E-state index in [1.807, 2.05) is 23.2 Å². The van der Waals surface area contributed by atoms with E-state index in [0.717, 1.165) is 42.8 Å². The zero-order valence-corrected chi connectivity index (χ0v) is 17.4. The summed E-state index contributed by atoms with van der Waals surface area (Å²) in [6.07, 6.45) is 15.9. The van der Waals surface area contributed by atoms with Crippen LogP contribution in [-0.2, 0) is 0 Å². The molecule has 1 saturated carbocycles. The molecule has 1 aliphatic carbocycles. The molecule has 0 bridgehead atoms. The van der Waals surface area contributed by atoms with Gasteiger partial charge in [-0.2, -0.15) is 4.98 Å². The summed E-state index contributed by atoms with van der Waals surface area (Å²) in [5.41, 5.74) is 0.971. The Hall–Kier alpha value is -2.97. The Labute approximate surface area is 175 Å². The first-order chi connectivity index (χ1) is 14.8. The van der Waals surface area contributed by atoms with E-state index in [4.69, 9.17) is 9.97 Å². The predicted molar refractivity (Wildman–Crippen MR) is 113 cm³/mol. The van der Waals surface area contributed by atoms with Gasteiger partial charge >= 0.3 is 0 Å². The topological polar surface area (TPSA) is 80.8 Å². The van der Waals surface area contributed by atoms with E-state index >= 15 is 0 Å².